The van der Waals surface area contributed by atoms with E-state index < -0.39 is 0 Å². The zero-order valence-electron chi connectivity index (χ0n) is 16.5. The third-order valence-corrected chi connectivity index (χ3v) is 5.88. The number of likely N-dealkylation sites (tertiary alicyclic amines) is 2. The van der Waals surface area contributed by atoms with E-state index in [2.05, 4.69) is 22.0 Å². The molecule has 0 N–H and O–H groups in total. The molecule has 3 heterocycles. The number of benzene rings is 1. The molecule has 2 aliphatic heterocycles. The number of piperidine rings is 1. The van der Waals surface area contributed by atoms with Crippen molar-refractivity contribution < 1.29 is 14.3 Å². The SMILES string of the molecule is COc1cccc(CN2CCC(N3C(=O)C(OC)C3c3ccncc3)CC2)c1. The molecule has 0 spiro atoms. The quantitative estimate of drug-likeness (QED) is 0.720. The number of rotatable bonds is 6. The molecule has 2 aliphatic rings. The monoisotopic (exact) mass is 381 g/mol. The second-order valence-electron chi connectivity index (χ2n) is 7.49. The van der Waals surface area contributed by atoms with Crippen molar-refractivity contribution in [1.82, 2.24) is 14.8 Å². The third-order valence-electron chi connectivity index (χ3n) is 5.88. The number of β-lactam (4-membered cyclic amide) rings is 1. The zero-order chi connectivity index (χ0) is 19.5. The fourth-order valence-corrected chi connectivity index (χ4v) is 4.40. The Morgan fingerprint density at radius 2 is 1.86 bits per heavy atom. The Labute approximate surface area is 166 Å². The average molecular weight is 381 g/mol. The number of pyridine rings is 1. The van der Waals surface area contributed by atoms with Crippen molar-refractivity contribution in [3.8, 4) is 5.75 Å². The molecule has 6 heteroatoms. The van der Waals surface area contributed by atoms with E-state index in [-0.39, 0.29) is 24.1 Å². The van der Waals surface area contributed by atoms with Crippen molar-refractivity contribution >= 4 is 5.91 Å². The maximum absolute atomic E-state index is 12.7. The lowest BCUT2D eigenvalue weighted by molar-refractivity contribution is -0.178. The van der Waals surface area contributed by atoms with E-state index in [1.54, 1.807) is 26.6 Å². The topological polar surface area (TPSA) is 54.9 Å². The molecular formula is C22H27N3O3. The van der Waals surface area contributed by atoms with E-state index in [4.69, 9.17) is 9.47 Å². The number of carbonyl (C=O) groups is 1. The van der Waals surface area contributed by atoms with Gasteiger partial charge >= 0.3 is 0 Å². The van der Waals surface area contributed by atoms with Crippen LogP contribution in [-0.2, 0) is 16.1 Å². The van der Waals surface area contributed by atoms with E-state index in [0.29, 0.717) is 0 Å². The first-order valence-corrected chi connectivity index (χ1v) is 9.81. The van der Waals surface area contributed by atoms with Gasteiger partial charge in [0.15, 0.2) is 6.10 Å². The molecule has 1 amide bonds. The molecule has 2 fully saturated rings. The van der Waals surface area contributed by atoms with E-state index in [9.17, 15) is 4.79 Å². The van der Waals surface area contributed by atoms with Gasteiger partial charge in [0.1, 0.15) is 5.75 Å². The van der Waals surface area contributed by atoms with Crippen molar-refractivity contribution in [3.63, 3.8) is 0 Å². The lowest BCUT2D eigenvalue weighted by Gasteiger charge is -2.52. The normalized spacial score (nSPS) is 23.5. The summed E-state index contributed by atoms with van der Waals surface area (Å²) >= 11 is 0. The fraction of sp³-hybridized carbons (Fsp3) is 0.455. The van der Waals surface area contributed by atoms with Crippen LogP contribution in [0.5, 0.6) is 5.75 Å². The number of amides is 1. The van der Waals surface area contributed by atoms with Gasteiger partial charge in [-0.05, 0) is 48.2 Å². The summed E-state index contributed by atoms with van der Waals surface area (Å²) in [5.74, 6) is 1.000. The Balaban J connectivity index is 1.39. The summed E-state index contributed by atoms with van der Waals surface area (Å²) < 4.78 is 10.8. The molecule has 0 saturated carbocycles. The molecule has 1 aromatic carbocycles. The van der Waals surface area contributed by atoms with Crippen LogP contribution in [0.4, 0.5) is 0 Å². The number of ether oxygens (including phenoxy) is 2. The molecule has 0 radical (unpaired) electrons. The average Bonchev–Trinajstić information content (AvgIpc) is 2.74. The lowest BCUT2D eigenvalue weighted by atomic mass is 9.86. The van der Waals surface area contributed by atoms with Crippen LogP contribution in [0.2, 0.25) is 0 Å². The molecule has 2 saturated heterocycles. The van der Waals surface area contributed by atoms with Crippen LogP contribution in [0.25, 0.3) is 0 Å². The van der Waals surface area contributed by atoms with Gasteiger partial charge in [-0.2, -0.15) is 0 Å². The predicted molar refractivity (Wildman–Crippen MR) is 106 cm³/mol. The van der Waals surface area contributed by atoms with Crippen molar-refractivity contribution in [2.75, 3.05) is 27.3 Å². The summed E-state index contributed by atoms with van der Waals surface area (Å²) in [6, 6.07) is 12.4. The summed E-state index contributed by atoms with van der Waals surface area (Å²) in [7, 11) is 3.31. The van der Waals surface area contributed by atoms with Gasteiger partial charge < -0.3 is 14.4 Å². The number of methoxy groups -OCH3 is 2. The van der Waals surface area contributed by atoms with Crippen LogP contribution in [-0.4, -0.2) is 60.1 Å². The van der Waals surface area contributed by atoms with Crippen LogP contribution in [0.1, 0.15) is 30.0 Å². The second kappa shape index (κ2) is 8.29. The molecule has 4 rings (SSSR count). The number of carbonyl (C=O) groups excluding carboxylic acids is 1. The smallest absolute Gasteiger partial charge is 0.255 e. The highest BCUT2D eigenvalue weighted by Crippen LogP contribution is 2.40. The minimum atomic E-state index is -0.378. The summed E-state index contributed by atoms with van der Waals surface area (Å²) in [6.07, 6.45) is 5.14. The van der Waals surface area contributed by atoms with Crippen LogP contribution in [0.15, 0.2) is 48.8 Å². The highest BCUT2D eigenvalue weighted by Gasteiger charge is 2.51. The van der Waals surface area contributed by atoms with Gasteiger partial charge in [-0.15, -0.1) is 0 Å². The second-order valence-corrected chi connectivity index (χ2v) is 7.49. The Morgan fingerprint density at radius 1 is 1.11 bits per heavy atom. The maximum atomic E-state index is 12.7. The summed E-state index contributed by atoms with van der Waals surface area (Å²) in [5, 5.41) is 0. The van der Waals surface area contributed by atoms with Crippen molar-refractivity contribution in [2.24, 2.45) is 0 Å². The van der Waals surface area contributed by atoms with Crippen molar-refractivity contribution in [1.29, 1.82) is 0 Å². The van der Waals surface area contributed by atoms with Crippen molar-refractivity contribution in [2.45, 2.75) is 37.6 Å². The van der Waals surface area contributed by atoms with Gasteiger partial charge in [-0.3, -0.25) is 14.7 Å². The molecular weight excluding hydrogens is 354 g/mol. The van der Waals surface area contributed by atoms with Crippen LogP contribution >= 0.6 is 0 Å². The summed E-state index contributed by atoms with van der Waals surface area (Å²) in [6.45, 7) is 2.87. The predicted octanol–water partition coefficient (Wildman–Crippen LogP) is 2.65. The van der Waals surface area contributed by atoms with Gasteiger partial charge in [-0.1, -0.05) is 12.1 Å². The minimum absolute atomic E-state index is 0.00423. The van der Waals surface area contributed by atoms with E-state index >= 15 is 0 Å². The Bertz CT molecular complexity index is 806. The van der Waals surface area contributed by atoms with Crippen LogP contribution in [0, 0.1) is 0 Å². The molecule has 0 aliphatic carbocycles. The molecule has 2 aromatic rings. The number of hydrogen-bond donors (Lipinski definition) is 0. The molecule has 0 bridgehead atoms. The lowest BCUT2D eigenvalue weighted by Crippen LogP contribution is -2.64. The van der Waals surface area contributed by atoms with E-state index in [1.165, 1.54) is 5.56 Å². The van der Waals surface area contributed by atoms with Gasteiger partial charge in [0, 0.05) is 45.2 Å². The summed E-state index contributed by atoms with van der Waals surface area (Å²) in [4.78, 5) is 21.3. The minimum Gasteiger partial charge on any atom is -0.497 e. The Morgan fingerprint density at radius 3 is 2.54 bits per heavy atom. The van der Waals surface area contributed by atoms with Gasteiger partial charge in [0.05, 0.1) is 13.2 Å². The highest BCUT2D eigenvalue weighted by atomic mass is 16.5. The Hall–Kier alpha value is -2.44. The molecule has 28 heavy (non-hydrogen) atoms. The number of nitrogens with zero attached hydrogens (tertiary/aromatic N) is 3. The molecule has 6 nitrogen and oxygen atoms in total. The largest absolute Gasteiger partial charge is 0.497 e. The molecule has 2 unspecified atom stereocenters. The molecule has 148 valence electrons. The van der Waals surface area contributed by atoms with Gasteiger partial charge in [0.25, 0.3) is 5.91 Å². The first-order chi connectivity index (χ1) is 13.7. The van der Waals surface area contributed by atoms with E-state index in [0.717, 1.165) is 43.8 Å². The molecule has 1 aromatic heterocycles. The highest BCUT2D eigenvalue weighted by molar-refractivity contribution is 5.89. The van der Waals surface area contributed by atoms with Crippen molar-refractivity contribution in [3.05, 3.63) is 59.9 Å². The maximum Gasteiger partial charge on any atom is 0.255 e. The molecule has 2 atom stereocenters. The van der Waals surface area contributed by atoms with Gasteiger partial charge in [0.2, 0.25) is 0 Å². The first kappa shape index (κ1) is 18.9. The third kappa shape index (κ3) is 3.62. The summed E-state index contributed by atoms with van der Waals surface area (Å²) in [5.41, 5.74) is 2.35. The first-order valence-electron chi connectivity index (χ1n) is 9.81. The zero-order valence-corrected chi connectivity index (χ0v) is 16.5. The Kier molecular flexibility index (Phi) is 5.59. The van der Waals surface area contributed by atoms with Crippen LogP contribution in [0.3, 0.4) is 0 Å². The van der Waals surface area contributed by atoms with Gasteiger partial charge in [-0.25, -0.2) is 0 Å². The number of hydrogen-bond acceptors (Lipinski definition) is 5. The van der Waals surface area contributed by atoms with E-state index in [1.807, 2.05) is 29.2 Å². The standard InChI is InChI=1S/C22H27N3O3/c1-27-19-5-3-4-16(14-19)15-24-12-8-18(9-13-24)25-20(21(28-2)22(25)26)17-6-10-23-11-7-17/h3-7,10-11,14,18,20-21H,8-9,12-13,15H2,1-2H3. The van der Waals surface area contributed by atoms with Crippen LogP contribution < -0.4 is 4.74 Å². The fourth-order valence-electron chi connectivity index (χ4n) is 4.40. The number of aromatic nitrogens is 1.